The zero-order valence-electron chi connectivity index (χ0n) is 7.56. The molecule has 2 N–H and O–H groups in total. The van der Waals surface area contributed by atoms with Gasteiger partial charge in [0.05, 0.1) is 18.6 Å². The highest BCUT2D eigenvalue weighted by atomic mass is 16.5. The molecular weight excluding hydrogens is 170 g/mol. The summed E-state index contributed by atoms with van der Waals surface area (Å²) in [6.07, 6.45) is 0. The van der Waals surface area contributed by atoms with Crippen LogP contribution in [0.2, 0.25) is 0 Å². The second kappa shape index (κ2) is 4.21. The van der Waals surface area contributed by atoms with Crippen LogP contribution in [0.3, 0.4) is 0 Å². The maximum absolute atomic E-state index is 11.4. The maximum atomic E-state index is 11.4. The average molecular weight is 183 g/mol. The molecule has 1 atom stereocenters. The zero-order valence-corrected chi connectivity index (χ0v) is 7.56. The number of hydrogen-bond donors (Lipinski definition) is 1. The van der Waals surface area contributed by atoms with Crippen LogP contribution in [0, 0.1) is 17.2 Å². The number of hydrogen-bond acceptors (Lipinski definition) is 4. The first-order valence-corrected chi connectivity index (χ1v) is 4.12. The Kier molecular flexibility index (Phi) is 3.23. The van der Waals surface area contributed by atoms with E-state index in [1.54, 1.807) is 4.90 Å². The van der Waals surface area contributed by atoms with E-state index in [0.29, 0.717) is 13.1 Å². The van der Waals surface area contributed by atoms with Gasteiger partial charge in [-0.1, -0.05) is 0 Å². The van der Waals surface area contributed by atoms with Gasteiger partial charge < -0.3 is 15.4 Å². The van der Waals surface area contributed by atoms with Gasteiger partial charge in [0.15, 0.2) is 0 Å². The number of likely N-dealkylation sites (tertiary alicyclic amines) is 1. The van der Waals surface area contributed by atoms with Crippen LogP contribution < -0.4 is 5.73 Å². The van der Waals surface area contributed by atoms with E-state index < -0.39 is 6.04 Å². The second-order valence-corrected chi connectivity index (χ2v) is 3.13. The molecule has 1 heterocycles. The van der Waals surface area contributed by atoms with E-state index in [9.17, 15) is 4.79 Å². The third-order valence-corrected chi connectivity index (χ3v) is 2.04. The van der Waals surface area contributed by atoms with Gasteiger partial charge in [-0.2, -0.15) is 5.26 Å². The van der Waals surface area contributed by atoms with Crippen LogP contribution in [0.1, 0.15) is 0 Å². The highest BCUT2D eigenvalue weighted by Crippen LogP contribution is 2.14. The van der Waals surface area contributed by atoms with Crippen LogP contribution in [-0.2, 0) is 9.53 Å². The van der Waals surface area contributed by atoms with Crippen LogP contribution >= 0.6 is 0 Å². The van der Waals surface area contributed by atoms with Gasteiger partial charge in [-0.05, 0) is 0 Å². The molecule has 0 spiro atoms. The molecule has 1 unspecified atom stereocenters. The first-order valence-electron chi connectivity index (χ1n) is 4.12. The molecule has 1 saturated heterocycles. The molecule has 0 radical (unpaired) electrons. The minimum atomic E-state index is -0.593. The quantitative estimate of drug-likeness (QED) is 0.605. The molecule has 0 bridgehead atoms. The predicted octanol–water partition coefficient (Wildman–Crippen LogP) is -1.06. The zero-order chi connectivity index (χ0) is 9.84. The first kappa shape index (κ1) is 9.96. The number of amides is 1. The molecule has 0 aromatic carbocycles. The van der Waals surface area contributed by atoms with Gasteiger partial charge >= 0.3 is 0 Å². The number of nitriles is 1. The molecule has 1 fully saturated rings. The maximum Gasteiger partial charge on any atom is 0.241 e. The molecule has 1 amide bonds. The third-order valence-electron chi connectivity index (χ3n) is 2.04. The topological polar surface area (TPSA) is 79.3 Å². The molecule has 13 heavy (non-hydrogen) atoms. The molecule has 0 saturated carbocycles. The Morgan fingerprint density at radius 2 is 2.46 bits per heavy atom. The molecule has 0 aromatic rings. The highest BCUT2D eigenvalue weighted by Gasteiger charge is 2.32. The van der Waals surface area contributed by atoms with Crippen LogP contribution in [0.15, 0.2) is 0 Å². The fourth-order valence-electron chi connectivity index (χ4n) is 1.23. The smallest absolute Gasteiger partial charge is 0.241 e. The van der Waals surface area contributed by atoms with Crippen molar-refractivity contribution in [3.8, 4) is 6.07 Å². The lowest BCUT2D eigenvalue weighted by molar-refractivity contribution is -0.138. The van der Waals surface area contributed by atoms with E-state index in [0.717, 1.165) is 0 Å². The summed E-state index contributed by atoms with van der Waals surface area (Å²) in [7, 11) is 1.50. The van der Waals surface area contributed by atoms with E-state index >= 15 is 0 Å². The van der Waals surface area contributed by atoms with Gasteiger partial charge in [-0.15, -0.1) is 0 Å². The molecule has 72 valence electrons. The summed E-state index contributed by atoms with van der Waals surface area (Å²) in [6.45, 7) is 1.24. The second-order valence-electron chi connectivity index (χ2n) is 3.13. The van der Waals surface area contributed by atoms with Gasteiger partial charge in [-0.3, -0.25) is 4.79 Å². The van der Waals surface area contributed by atoms with E-state index in [1.165, 1.54) is 7.11 Å². The predicted molar refractivity (Wildman–Crippen MR) is 45.5 cm³/mol. The van der Waals surface area contributed by atoms with Crippen molar-refractivity contribution in [2.75, 3.05) is 26.8 Å². The summed E-state index contributed by atoms with van der Waals surface area (Å²) in [6, 6.07) is 1.50. The number of nitrogens with two attached hydrogens (primary N) is 1. The fourth-order valence-corrected chi connectivity index (χ4v) is 1.23. The number of nitrogens with zero attached hydrogens (tertiary/aromatic N) is 2. The Labute approximate surface area is 77.1 Å². The normalized spacial score (nSPS) is 19.0. The monoisotopic (exact) mass is 183 g/mol. The molecule has 5 nitrogen and oxygen atoms in total. The van der Waals surface area contributed by atoms with Crippen molar-refractivity contribution < 1.29 is 9.53 Å². The number of carbonyl (C=O) groups is 1. The van der Waals surface area contributed by atoms with Crippen LogP contribution in [0.4, 0.5) is 0 Å². The van der Waals surface area contributed by atoms with Gasteiger partial charge in [0.2, 0.25) is 5.91 Å². The van der Waals surface area contributed by atoms with Crippen LogP contribution in [-0.4, -0.2) is 43.7 Å². The van der Waals surface area contributed by atoms with Crippen LogP contribution in [0.5, 0.6) is 0 Å². The number of carbonyl (C=O) groups excluding carboxylic acids is 1. The minimum Gasteiger partial charge on any atom is -0.383 e. The van der Waals surface area contributed by atoms with E-state index in [2.05, 4.69) is 6.07 Å². The molecular formula is C8H13N3O2. The van der Waals surface area contributed by atoms with Gasteiger partial charge in [0.1, 0.15) is 6.04 Å². The highest BCUT2D eigenvalue weighted by molar-refractivity contribution is 5.82. The van der Waals surface area contributed by atoms with Gasteiger partial charge in [0.25, 0.3) is 0 Å². The lowest BCUT2D eigenvalue weighted by Gasteiger charge is -2.36. The molecule has 0 aliphatic carbocycles. The minimum absolute atomic E-state index is 0.0151. The summed E-state index contributed by atoms with van der Waals surface area (Å²) in [4.78, 5) is 13.0. The Balaban J connectivity index is 2.31. The fraction of sp³-hybridized carbons (Fsp3) is 0.750. The standard InChI is InChI=1S/C8H13N3O2/c1-13-5-7(10)8(12)11-3-6(2-9)4-11/h6-7H,3-5,10H2,1H3. The molecule has 1 rings (SSSR count). The Morgan fingerprint density at radius 3 is 2.92 bits per heavy atom. The Morgan fingerprint density at radius 1 is 1.85 bits per heavy atom. The first-order chi connectivity index (χ1) is 6.19. The van der Waals surface area contributed by atoms with Crippen molar-refractivity contribution >= 4 is 5.91 Å². The average Bonchev–Trinajstić information content (AvgIpc) is 2.02. The summed E-state index contributed by atoms with van der Waals surface area (Å²) >= 11 is 0. The number of methoxy groups -OCH3 is 1. The molecule has 1 aliphatic rings. The van der Waals surface area contributed by atoms with Gasteiger partial charge in [-0.25, -0.2) is 0 Å². The van der Waals surface area contributed by atoms with Gasteiger partial charge in [0, 0.05) is 20.2 Å². The van der Waals surface area contributed by atoms with Crippen molar-refractivity contribution in [3.63, 3.8) is 0 Å². The summed E-state index contributed by atoms with van der Waals surface area (Å²) in [5, 5.41) is 8.48. The molecule has 1 aliphatic heterocycles. The number of rotatable bonds is 3. The Bertz CT molecular complexity index is 230. The molecule has 0 aromatic heterocycles. The van der Waals surface area contributed by atoms with Crippen molar-refractivity contribution in [1.82, 2.24) is 4.90 Å². The summed E-state index contributed by atoms with van der Waals surface area (Å²) in [5.41, 5.74) is 5.53. The van der Waals surface area contributed by atoms with Crippen molar-refractivity contribution in [2.45, 2.75) is 6.04 Å². The van der Waals surface area contributed by atoms with Crippen molar-refractivity contribution in [2.24, 2.45) is 11.7 Å². The largest absolute Gasteiger partial charge is 0.383 e. The van der Waals surface area contributed by atoms with Crippen molar-refractivity contribution in [1.29, 1.82) is 5.26 Å². The van der Waals surface area contributed by atoms with Crippen molar-refractivity contribution in [3.05, 3.63) is 0 Å². The van der Waals surface area contributed by atoms with E-state index in [-0.39, 0.29) is 18.4 Å². The SMILES string of the molecule is COCC(N)C(=O)N1CC(C#N)C1. The summed E-state index contributed by atoms with van der Waals surface area (Å²) < 4.78 is 4.76. The third kappa shape index (κ3) is 2.17. The summed E-state index contributed by atoms with van der Waals surface area (Å²) in [5.74, 6) is -0.146. The molecule has 5 heteroatoms. The van der Waals surface area contributed by atoms with Crippen LogP contribution in [0.25, 0.3) is 0 Å². The van der Waals surface area contributed by atoms with E-state index in [1.807, 2.05) is 0 Å². The lowest BCUT2D eigenvalue weighted by atomic mass is 10.0. The lowest BCUT2D eigenvalue weighted by Crippen LogP contribution is -2.55. The number of ether oxygens (including phenoxy) is 1. The van der Waals surface area contributed by atoms with E-state index in [4.69, 9.17) is 15.7 Å². The Hall–Kier alpha value is -1.12.